The quantitative estimate of drug-likeness (QED) is 0.527. The Labute approximate surface area is 184 Å². The largest absolute Gasteiger partial charge is 0.497 e. The highest BCUT2D eigenvalue weighted by Crippen LogP contribution is 2.17. The lowest BCUT2D eigenvalue weighted by Gasteiger charge is -2.15. The van der Waals surface area contributed by atoms with E-state index in [2.05, 4.69) is 5.32 Å². The average molecular weight is 429 g/mol. The van der Waals surface area contributed by atoms with E-state index >= 15 is 0 Å². The van der Waals surface area contributed by atoms with Crippen molar-refractivity contribution in [3.8, 4) is 11.4 Å². The van der Waals surface area contributed by atoms with Gasteiger partial charge in [0.15, 0.2) is 0 Å². The molecule has 7 heteroatoms. The lowest BCUT2D eigenvalue weighted by molar-refractivity contribution is -0.116. The van der Waals surface area contributed by atoms with Gasteiger partial charge in [-0.1, -0.05) is 24.3 Å². The summed E-state index contributed by atoms with van der Waals surface area (Å²) in [7, 11) is 1.54. The van der Waals surface area contributed by atoms with Crippen LogP contribution in [0.25, 0.3) is 16.6 Å². The molecule has 0 fully saturated rings. The zero-order chi connectivity index (χ0) is 22.8. The van der Waals surface area contributed by atoms with Crippen LogP contribution in [-0.2, 0) is 11.3 Å². The maximum atomic E-state index is 13.4. The van der Waals surface area contributed by atoms with Crippen LogP contribution in [0.3, 0.4) is 0 Å². The standard InChI is InChI=1S/C25H23N3O4/c1-16-11-17(2)13-19(12-16)28-24(30)21-9-4-5-10-22(21)27(25(28)31)15-23(29)26-18-7-6-8-20(14-18)32-3/h4-14H,15H2,1-3H3,(H,26,29). The highest BCUT2D eigenvalue weighted by atomic mass is 16.5. The van der Waals surface area contributed by atoms with Gasteiger partial charge in [-0.15, -0.1) is 0 Å². The van der Waals surface area contributed by atoms with Crippen molar-refractivity contribution < 1.29 is 9.53 Å². The first-order valence-electron chi connectivity index (χ1n) is 10.1. The van der Waals surface area contributed by atoms with Crippen LogP contribution in [0.4, 0.5) is 5.69 Å². The third-order valence-corrected chi connectivity index (χ3v) is 5.17. The fraction of sp³-hybridized carbons (Fsp3) is 0.160. The highest BCUT2D eigenvalue weighted by molar-refractivity contribution is 5.91. The molecule has 0 aliphatic rings. The number of hydrogen-bond donors (Lipinski definition) is 1. The van der Waals surface area contributed by atoms with Crippen LogP contribution in [0.1, 0.15) is 11.1 Å². The molecule has 0 spiro atoms. The third kappa shape index (κ3) is 4.05. The van der Waals surface area contributed by atoms with Crippen molar-refractivity contribution >= 4 is 22.5 Å². The van der Waals surface area contributed by atoms with Crippen molar-refractivity contribution in [1.29, 1.82) is 0 Å². The fourth-order valence-electron chi connectivity index (χ4n) is 3.83. The number of carbonyl (C=O) groups is 1. The van der Waals surface area contributed by atoms with E-state index < -0.39 is 17.2 Å². The fourth-order valence-corrected chi connectivity index (χ4v) is 3.83. The molecule has 0 saturated heterocycles. The normalized spacial score (nSPS) is 10.8. The maximum Gasteiger partial charge on any atom is 0.336 e. The predicted molar refractivity (Wildman–Crippen MR) is 125 cm³/mol. The smallest absolute Gasteiger partial charge is 0.336 e. The van der Waals surface area contributed by atoms with Crippen LogP contribution in [-0.4, -0.2) is 22.2 Å². The van der Waals surface area contributed by atoms with E-state index in [9.17, 15) is 14.4 Å². The van der Waals surface area contributed by atoms with E-state index in [1.165, 1.54) is 4.57 Å². The summed E-state index contributed by atoms with van der Waals surface area (Å²) in [6.07, 6.45) is 0. The number of methoxy groups -OCH3 is 1. The summed E-state index contributed by atoms with van der Waals surface area (Å²) in [4.78, 5) is 39.5. The number of para-hydroxylation sites is 1. The summed E-state index contributed by atoms with van der Waals surface area (Å²) in [6.45, 7) is 3.56. The second kappa shape index (κ2) is 8.55. The zero-order valence-corrected chi connectivity index (χ0v) is 18.1. The Bertz CT molecular complexity index is 1430. The number of hydrogen-bond acceptors (Lipinski definition) is 4. The molecule has 0 atom stereocenters. The molecule has 162 valence electrons. The van der Waals surface area contributed by atoms with Crippen molar-refractivity contribution in [3.63, 3.8) is 0 Å². The molecular weight excluding hydrogens is 406 g/mol. The number of amides is 1. The molecule has 32 heavy (non-hydrogen) atoms. The number of fused-ring (bicyclic) bond motifs is 1. The van der Waals surface area contributed by atoms with Crippen molar-refractivity contribution in [2.45, 2.75) is 20.4 Å². The van der Waals surface area contributed by atoms with Gasteiger partial charge in [-0.25, -0.2) is 9.36 Å². The van der Waals surface area contributed by atoms with E-state index in [4.69, 9.17) is 4.74 Å². The minimum Gasteiger partial charge on any atom is -0.497 e. The number of benzene rings is 3. The second-order valence-corrected chi connectivity index (χ2v) is 7.65. The Morgan fingerprint density at radius 1 is 0.938 bits per heavy atom. The monoisotopic (exact) mass is 429 g/mol. The molecule has 4 aromatic rings. The van der Waals surface area contributed by atoms with Crippen LogP contribution >= 0.6 is 0 Å². The minimum atomic E-state index is -0.570. The highest BCUT2D eigenvalue weighted by Gasteiger charge is 2.17. The lowest BCUT2D eigenvalue weighted by Crippen LogP contribution is -2.40. The van der Waals surface area contributed by atoms with Gasteiger partial charge in [0.2, 0.25) is 5.91 Å². The van der Waals surface area contributed by atoms with Crippen LogP contribution in [0.2, 0.25) is 0 Å². The van der Waals surface area contributed by atoms with E-state index in [1.54, 1.807) is 67.8 Å². The summed E-state index contributed by atoms with van der Waals surface area (Å²) >= 11 is 0. The van der Waals surface area contributed by atoms with Crippen LogP contribution in [0.15, 0.2) is 76.3 Å². The molecule has 0 aliphatic carbocycles. The van der Waals surface area contributed by atoms with Crippen molar-refractivity contribution in [2.24, 2.45) is 0 Å². The van der Waals surface area contributed by atoms with E-state index in [-0.39, 0.29) is 6.54 Å². The summed E-state index contributed by atoms with van der Waals surface area (Å²) < 4.78 is 7.63. The van der Waals surface area contributed by atoms with Gasteiger partial charge in [0.1, 0.15) is 12.3 Å². The number of ether oxygens (including phenoxy) is 1. The Hall–Kier alpha value is -4.13. The third-order valence-electron chi connectivity index (χ3n) is 5.17. The summed E-state index contributed by atoms with van der Waals surface area (Å²) in [5.74, 6) is 0.213. The maximum absolute atomic E-state index is 13.4. The molecule has 0 radical (unpaired) electrons. The average Bonchev–Trinajstić information content (AvgIpc) is 2.76. The van der Waals surface area contributed by atoms with Gasteiger partial charge in [-0.2, -0.15) is 0 Å². The van der Waals surface area contributed by atoms with Crippen LogP contribution < -0.4 is 21.3 Å². The van der Waals surface area contributed by atoms with E-state index in [0.29, 0.717) is 28.0 Å². The molecule has 7 nitrogen and oxygen atoms in total. The first-order chi connectivity index (χ1) is 15.4. The number of nitrogens with one attached hydrogen (secondary N) is 1. The Morgan fingerprint density at radius 2 is 1.66 bits per heavy atom. The van der Waals surface area contributed by atoms with Crippen molar-refractivity contribution in [2.75, 3.05) is 12.4 Å². The van der Waals surface area contributed by atoms with Gasteiger partial charge < -0.3 is 10.1 Å². The summed E-state index contributed by atoms with van der Waals surface area (Å²) in [5, 5.41) is 3.14. The van der Waals surface area contributed by atoms with Gasteiger partial charge in [-0.05, 0) is 61.4 Å². The second-order valence-electron chi connectivity index (χ2n) is 7.65. The molecule has 0 aliphatic heterocycles. The van der Waals surface area contributed by atoms with E-state index in [1.807, 2.05) is 19.9 Å². The SMILES string of the molecule is COc1cccc(NC(=O)Cn2c(=O)n(-c3cc(C)cc(C)c3)c(=O)c3ccccc32)c1. The molecule has 1 N–H and O–H groups in total. The van der Waals surface area contributed by atoms with Gasteiger partial charge in [0, 0.05) is 11.8 Å². The van der Waals surface area contributed by atoms with Crippen LogP contribution in [0.5, 0.6) is 5.75 Å². The van der Waals surface area contributed by atoms with Crippen LogP contribution in [0, 0.1) is 13.8 Å². The molecule has 3 aromatic carbocycles. The molecule has 0 bridgehead atoms. The topological polar surface area (TPSA) is 82.3 Å². The number of nitrogens with zero attached hydrogens (tertiary/aromatic N) is 2. The molecule has 1 amide bonds. The summed E-state index contributed by atoms with van der Waals surface area (Å²) in [6, 6.07) is 19.3. The molecule has 0 unspecified atom stereocenters. The van der Waals surface area contributed by atoms with E-state index in [0.717, 1.165) is 15.7 Å². The number of carbonyl (C=O) groups excluding carboxylic acids is 1. The number of aryl methyl sites for hydroxylation is 2. The molecule has 1 aromatic heterocycles. The molecule has 0 saturated carbocycles. The Kier molecular flexibility index (Phi) is 5.64. The number of aromatic nitrogens is 2. The van der Waals surface area contributed by atoms with Crippen molar-refractivity contribution in [3.05, 3.63) is 98.7 Å². The molecular formula is C25H23N3O4. The zero-order valence-electron chi connectivity index (χ0n) is 18.1. The molecule has 1 heterocycles. The van der Waals surface area contributed by atoms with Gasteiger partial charge in [-0.3, -0.25) is 14.2 Å². The lowest BCUT2D eigenvalue weighted by atomic mass is 10.1. The predicted octanol–water partition coefficient (Wildman–Crippen LogP) is 3.42. The van der Waals surface area contributed by atoms with Gasteiger partial charge in [0.25, 0.3) is 5.56 Å². The first-order valence-corrected chi connectivity index (χ1v) is 10.1. The van der Waals surface area contributed by atoms with Crippen molar-refractivity contribution in [1.82, 2.24) is 9.13 Å². The first kappa shape index (κ1) is 21.1. The number of rotatable bonds is 5. The van der Waals surface area contributed by atoms with Gasteiger partial charge >= 0.3 is 5.69 Å². The summed E-state index contributed by atoms with van der Waals surface area (Å²) in [5.41, 5.74) is 2.31. The minimum absolute atomic E-state index is 0.248. The van der Waals surface area contributed by atoms with Gasteiger partial charge in [0.05, 0.1) is 23.7 Å². The Morgan fingerprint density at radius 3 is 2.38 bits per heavy atom. The number of anilines is 1. The Balaban J connectivity index is 1.83. The molecule has 4 rings (SSSR count).